The standard InChI is InChI=1S/C16H25NO4/c1-2-14-5-11-6-15(8-14,10-16(21,7-11)9-14)13(20)17-4-3-12(18)19/h11,21H,2-10H2,1H3,(H,17,20)(H,18,19). The molecule has 4 bridgehead atoms. The molecule has 4 fully saturated rings. The normalized spacial score (nSPS) is 43.8. The van der Waals surface area contributed by atoms with Gasteiger partial charge in [0.15, 0.2) is 0 Å². The van der Waals surface area contributed by atoms with Crippen LogP contribution in [0.25, 0.3) is 0 Å². The Morgan fingerprint density at radius 3 is 2.57 bits per heavy atom. The zero-order valence-corrected chi connectivity index (χ0v) is 12.7. The summed E-state index contributed by atoms with van der Waals surface area (Å²) >= 11 is 0. The van der Waals surface area contributed by atoms with E-state index in [0.29, 0.717) is 12.3 Å². The van der Waals surface area contributed by atoms with E-state index in [2.05, 4.69) is 12.2 Å². The third-order valence-corrected chi connectivity index (χ3v) is 6.01. The van der Waals surface area contributed by atoms with Crippen LogP contribution in [-0.2, 0) is 9.59 Å². The second kappa shape index (κ2) is 4.70. The molecule has 4 unspecified atom stereocenters. The van der Waals surface area contributed by atoms with Gasteiger partial charge in [-0.25, -0.2) is 0 Å². The largest absolute Gasteiger partial charge is 0.481 e. The van der Waals surface area contributed by atoms with E-state index in [4.69, 9.17) is 5.11 Å². The maximum Gasteiger partial charge on any atom is 0.305 e. The van der Waals surface area contributed by atoms with Crippen molar-refractivity contribution < 1.29 is 19.8 Å². The number of nitrogens with one attached hydrogen (secondary N) is 1. The van der Waals surface area contributed by atoms with E-state index in [9.17, 15) is 14.7 Å². The van der Waals surface area contributed by atoms with Gasteiger partial charge in [-0.15, -0.1) is 0 Å². The minimum atomic E-state index is -0.899. The lowest BCUT2D eigenvalue weighted by Crippen LogP contribution is -2.63. The van der Waals surface area contributed by atoms with Crippen molar-refractivity contribution in [2.45, 2.75) is 63.9 Å². The van der Waals surface area contributed by atoms with Gasteiger partial charge in [-0.1, -0.05) is 13.3 Å². The van der Waals surface area contributed by atoms with Crippen LogP contribution in [-0.4, -0.2) is 34.2 Å². The van der Waals surface area contributed by atoms with Gasteiger partial charge in [-0.2, -0.15) is 0 Å². The molecule has 0 aromatic heterocycles. The summed E-state index contributed by atoms with van der Waals surface area (Å²) in [5, 5.41) is 22.3. The van der Waals surface area contributed by atoms with Gasteiger partial charge in [-0.05, 0) is 49.9 Å². The summed E-state index contributed by atoms with van der Waals surface area (Å²) in [4.78, 5) is 23.2. The molecule has 21 heavy (non-hydrogen) atoms. The maximum absolute atomic E-state index is 12.7. The lowest BCUT2D eigenvalue weighted by molar-refractivity contribution is -0.204. The predicted molar refractivity (Wildman–Crippen MR) is 76.6 cm³/mol. The molecule has 3 N–H and O–H groups in total. The zero-order chi connectivity index (χ0) is 15.3. The third kappa shape index (κ3) is 2.45. The quantitative estimate of drug-likeness (QED) is 0.720. The molecule has 118 valence electrons. The molecule has 4 atom stereocenters. The Morgan fingerprint density at radius 2 is 1.95 bits per heavy atom. The second-order valence-electron chi connectivity index (χ2n) is 7.77. The van der Waals surface area contributed by atoms with Gasteiger partial charge in [0, 0.05) is 6.54 Å². The highest BCUT2D eigenvalue weighted by Crippen LogP contribution is 2.67. The number of aliphatic carboxylic acids is 1. The average Bonchev–Trinajstić information content (AvgIpc) is 2.35. The molecular weight excluding hydrogens is 270 g/mol. The van der Waals surface area contributed by atoms with Crippen molar-refractivity contribution in [1.29, 1.82) is 0 Å². The molecule has 4 rings (SSSR count). The molecule has 0 aromatic carbocycles. The highest BCUT2D eigenvalue weighted by molar-refractivity contribution is 5.84. The fourth-order valence-corrected chi connectivity index (χ4v) is 5.70. The highest BCUT2D eigenvalue weighted by Gasteiger charge is 2.64. The van der Waals surface area contributed by atoms with E-state index >= 15 is 0 Å². The maximum atomic E-state index is 12.7. The molecule has 5 heteroatoms. The van der Waals surface area contributed by atoms with E-state index in [1.807, 2.05) is 0 Å². The summed E-state index contributed by atoms with van der Waals surface area (Å²) in [6, 6.07) is 0. The van der Waals surface area contributed by atoms with Crippen LogP contribution in [0.4, 0.5) is 0 Å². The fourth-order valence-electron chi connectivity index (χ4n) is 5.70. The minimum Gasteiger partial charge on any atom is -0.481 e. The van der Waals surface area contributed by atoms with E-state index in [1.165, 1.54) is 0 Å². The predicted octanol–water partition coefficient (Wildman–Crippen LogP) is 1.69. The molecule has 4 saturated carbocycles. The average molecular weight is 295 g/mol. The summed E-state index contributed by atoms with van der Waals surface area (Å²) in [7, 11) is 0. The van der Waals surface area contributed by atoms with E-state index in [-0.39, 0.29) is 24.3 Å². The van der Waals surface area contributed by atoms with Crippen molar-refractivity contribution in [3.05, 3.63) is 0 Å². The first-order valence-corrected chi connectivity index (χ1v) is 8.03. The van der Waals surface area contributed by atoms with Crippen LogP contribution in [0.15, 0.2) is 0 Å². The Hall–Kier alpha value is -1.10. The van der Waals surface area contributed by atoms with E-state index < -0.39 is 17.0 Å². The number of rotatable bonds is 5. The monoisotopic (exact) mass is 295 g/mol. The van der Waals surface area contributed by atoms with Crippen molar-refractivity contribution in [2.75, 3.05) is 6.54 Å². The van der Waals surface area contributed by atoms with Crippen molar-refractivity contribution in [1.82, 2.24) is 5.32 Å². The molecule has 5 nitrogen and oxygen atoms in total. The number of aliphatic hydroxyl groups is 1. The lowest BCUT2D eigenvalue weighted by Gasteiger charge is -2.64. The fraction of sp³-hybridized carbons (Fsp3) is 0.875. The number of carboxylic acids is 1. The Bertz CT molecular complexity index is 479. The molecule has 1 amide bonds. The molecule has 0 heterocycles. The Kier molecular flexibility index (Phi) is 3.32. The third-order valence-electron chi connectivity index (χ3n) is 6.01. The smallest absolute Gasteiger partial charge is 0.305 e. The molecule has 4 aliphatic carbocycles. The summed E-state index contributed by atoms with van der Waals surface area (Å²) in [6.45, 7) is 2.34. The number of hydrogen-bond acceptors (Lipinski definition) is 3. The van der Waals surface area contributed by atoms with Crippen LogP contribution in [0.5, 0.6) is 0 Å². The SMILES string of the molecule is CCC12CC3CC(O)(C1)CC(C(=O)NCCC(=O)O)(C3)C2. The van der Waals surface area contributed by atoms with Crippen molar-refractivity contribution in [3.8, 4) is 0 Å². The molecule has 4 aliphatic rings. The molecular formula is C16H25NO4. The molecule has 0 aliphatic heterocycles. The van der Waals surface area contributed by atoms with Gasteiger partial charge in [0.2, 0.25) is 5.91 Å². The van der Waals surface area contributed by atoms with Gasteiger partial charge >= 0.3 is 5.97 Å². The van der Waals surface area contributed by atoms with Crippen LogP contribution in [0.2, 0.25) is 0 Å². The highest BCUT2D eigenvalue weighted by atomic mass is 16.4. The first kappa shape index (κ1) is 14.8. The van der Waals surface area contributed by atoms with Gasteiger partial charge in [0.25, 0.3) is 0 Å². The topological polar surface area (TPSA) is 86.6 Å². The number of hydrogen-bond donors (Lipinski definition) is 3. The van der Waals surface area contributed by atoms with Crippen LogP contribution in [0, 0.1) is 16.7 Å². The Balaban J connectivity index is 1.77. The van der Waals surface area contributed by atoms with Crippen LogP contribution in [0.1, 0.15) is 58.3 Å². The van der Waals surface area contributed by atoms with E-state index in [0.717, 1.165) is 38.5 Å². The van der Waals surface area contributed by atoms with Gasteiger partial charge in [0.1, 0.15) is 0 Å². The van der Waals surface area contributed by atoms with Gasteiger partial charge < -0.3 is 15.5 Å². The Labute approximate surface area is 125 Å². The van der Waals surface area contributed by atoms with Crippen LogP contribution < -0.4 is 5.32 Å². The Morgan fingerprint density at radius 1 is 1.19 bits per heavy atom. The van der Waals surface area contributed by atoms with Crippen molar-refractivity contribution >= 4 is 11.9 Å². The first-order chi connectivity index (χ1) is 9.80. The van der Waals surface area contributed by atoms with Gasteiger partial charge in [0.05, 0.1) is 17.4 Å². The van der Waals surface area contributed by atoms with Crippen molar-refractivity contribution in [2.24, 2.45) is 16.7 Å². The summed E-state index contributed by atoms with van der Waals surface area (Å²) < 4.78 is 0. The minimum absolute atomic E-state index is 0.0379. The van der Waals surface area contributed by atoms with Gasteiger partial charge in [-0.3, -0.25) is 9.59 Å². The summed E-state index contributed by atoms with van der Waals surface area (Å²) in [5.74, 6) is -0.495. The molecule has 0 aromatic rings. The number of carboxylic acid groups (broad SMARTS) is 1. The molecule has 0 spiro atoms. The summed E-state index contributed by atoms with van der Waals surface area (Å²) in [6.07, 6.45) is 6.03. The van der Waals surface area contributed by atoms with Crippen LogP contribution in [0.3, 0.4) is 0 Å². The summed E-state index contributed by atoms with van der Waals surface area (Å²) in [5.41, 5.74) is -1.04. The number of carbonyl (C=O) groups excluding carboxylic acids is 1. The lowest BCUT2D eigenvalue weighted by atomic mass is 9.42. The molecule has 0 saturated heterocycles. The second-order valence-corrected chi connectivity index (χ2v) is 7.77. The van der Waals surface area contributed by atoms with E-state index in [1.54, 1.807) is 0 Å². The number of carbonyl (C=O) groups is 2. The first-order valence-electron chi connectivity index (χ1n) is 8.03. The number of amides is 1. The van der Waals surface area contributed by atoms with Crippen molar-refractivity contribution in [3.63, 3.8) is 0 Å². The van der Waals surface area contributed by atoms with Crippen LogP contribution >= 0.6 is 0 Å². The zero-order valence-electron chi connectivity index (χ0n) is 12.7. The molecule has 0 radical (unpaired) electrons.